The minimum atomic E-state index is -0.366. The highest BCUT2D eigenvalue weighted by atomic mass is 16.5. The minimum Gasteiger partial charge on any atom is -0.390 e. The molecule has 2 heteroatoms. The van der Waals surface area contributed by atoms with E-state index in [1.54, 1.807) is 7.11 Å². The average molecular weight is 228 g/mol. The second kappa shape index (κ2) is 6.02. The Bertz CT molecular complexity index is 199. The summed E-state index contributed by atoms with van der Waals surface area (Å²) < 4.78 is 5.54. The Morgan fingerprint density at radius 1 is 1.31 bits per heavy atom. The van der Waals surface area contributed by atoms with Crippen molar-refractivity contribution in [1.82, 2.24) is 0 Å². The smallest absolute Gasteiger partial charge is 0.0908 e. The van der Waals surface area contributed by atoms with Crippen LogP contribution in [0, 0.1) is 11.8 Å². The molecule has 2 nitrogen and oxygen atoms in total. The van der Waals surface area contributed by atoms with Gasteiger partial charge in [0.1, 0.15) is 0 Å². The molecule has 0 radical (unpaired) electrons. The van der Waals surface area contributed by atoms with Gasteiger partial charge in [-0.05, 0) is 31.6 Å². The lowest BCUT2D eigenvalue weighted by molar-refractivity contribution is -0.129. The van der Waals surface area contributed by atoms with E-state index in [2.05, 4.69) is 13.8 Å². The zero-order valence-corrected chi connectivity index (χ0v) is 11.3. The largest absolute Gasteiger partial charge is 0.390 e. The third-order valence-electron chi connectivity index (χ3n) is 4.69. The van der Waals surface area contributed by atoms with Crippen molar-refractivity contribution in [2.75, 3.05) is 7.11 Å². The predicted octanol–water partition coefficient (Wildman–Crippen LogP) is 3.38. The van der Waals surface area contributed by atoms with Crippen molar-refractivity contribution < 1.29 is 9.84 Å². The molecular formula is C14H28O2. The van der Waals surface area contributed by atoms with Gasteiger partial charge in [0.05, 0.1) is 11.7 Å². The fraction of sp³-hybridized carbons (Fsp3) is 1.00. The maximum Gasteiger partial charge on any atom is 0.0908 e. The third-order valence-corrected chi connectivity index (χ3v) is 4.69. The second-order valence-electron chi connectivity index (χ2n) is 5.43. The van der Waals surface area contributed by atoms with Crippen molar-refractivity contribution in [2.24, 2.45) is 11.8 Å². The SMILES string of the molecule is CCC1CCCCC1C(O)C(C)(CC)OC. The highest BCUT2D eigenvalue weighted by Gasteiger charge is 2.40. The highest BCUT2D eigenvalue weighted by molar-refractivity contribution is 4.91. The van der Waals surface area contributed by atoms with Crippen LogP contribution in [0.1, 0.15) is 59.3 Å². The normalized spacial score (nSPS) is 32.1. The monoisotopic (exact) mass is 228 g/mol. The Morgan fingerprint density at radius 3 is 2.44 bits per heavy atom. The van der Waals surface area contributed by atoms with Crippen LogP contribution in [0.25, 0.3) is 0 Å². The van der Waals surface area contributed by atoms with Gasteiger partial charge in [0.2, 0.25) is 0 Å². The van der Waals surface area contributed by atoms with Crippen molar-refractivity contribution in [3.05, 3.63) is 0 Å². The number of rotatable bonds is 5. The first kappa shape index (κ1) is 14.0. The molecule has 0 aromatic heterocycles. The fourth-order valence-electron chi connectivity index (χ4n) is 3.09. The molecule has 1 aliphatic carbocycles. The summed E-state index contributed by atoms with van der Waals surface area (Å²) in [4.78, 5) is 0. The first-order valence-electron chi connectivity index (χ1n) is 6.82. The van der Waals surface area contributed by atoms with E-state index in [9.17, 15) is 5.11 Å². The number of aliphatic hydroxyl groups is 1. The summed E-state index contributed by atoms with van der Waals surface area (Å²) in [5.41, 5.74) is -0.366. The van der Waals surface area contributed by atoms with E-state index in [1.807, 2.05) is 6.92 Å². The molecule has 4 unspecified atom stereocenters. The van der Waals surface area contributed by atoms with Gasteiger partial charge >= 0.3 is 0 Å². The van der Waals surface area contributed by atoms with E-state index >= 15 is 0 Å². The van der Waals surface area contributed by atoms with E-state index < -0.39 is 0 Å². The topological polar surface area (TPSA) is 29.5 Å². The van der Waals surface area contributed by atoms with E-state index in [4.69, 9.17) is 4.74 Å². The molecule has 1 fully saturated rings. The number of hydrogen-bond acceptors (Lipinski definition) is 2. The van der Waals surface area contributed by atoms with Crippen molar-refractivity contribution in [3.8, 4) is 0 Å². The Labute approximate surface area is 100 Å². The van der Waals surface area contributed by atoms with Crippen LogP contribution in [0.4, 0.5) is 0 Å². The lowest BCUT2D eigenvalue weighted by Gasteiger charge is -2.42. The van der Waals surface area contributed by atoms with Crippen LogP contribution in [-0.2, 0) is 4.74 Å². The van der Waals surface area contributed by atoms with Gasteiger partial charge in [0.15, 0.2) is 0 Å². The molecule has 0 saturated heterocycles. The first-order chi connectivity index (χ1) is 7.59. The van der Waals surface area contributed by atoms with Crippen LogP contribution >= 0.6 is 0 Å². The van der Waals surface area contributed by atoms with Crippen LogP contribution in [0.2, 0.25) is 0 Å². The van der Waals surface area contributed by atoms with E-state index in [0.717, 1.165) is 6.42 Å². The number of methoxy groups -OCH3 is 1. The van der Waals surface area contributed by atoms with Gasteiger partial charge in [-0.25, -0.2) is 0 Å². The van der Waals surface area contributed by atoms with Crippen molar-refractivity contribution in [1.29, 1.82) is 0 Å². The molecule has 0 heterocycles. The Balaban J connectivity index is 2.73. The van der Waals surface area contributed by atoms with Crippen LogP contribution < -0.4 is 0 Å². The zero-order chi connectivity index (χ0) is 12.2. The van der Waals surface area contributed by atoms with Gasteiger partial charge < -0.3 is 9.84 Å². The summed E-state index contributed by atoms with van der Waals surface area (Å²) in [7, 11) is 1.72. The van der Waals surface area contributed by atoms with E-state index in [1.165, 1.54) is 32.1 Å². The quantitative estimate of drug-likeness (QED) is 0.781. The number of aliphatic hydroxyl groups excluding tert-OH is 1. The predicted molar refractivity (Wildman–Crippen MR) is 67.5 cm³/mol. The molecular weight excluding hydrogens is 200 g/mol. The Hall–Kier alpha value is -0.0800. The summed E-state index contributed by atoms with van der Waals surface area (Å²) in [5, 5.41) is 10.6. The fourth-order valence-corrected chi connectivity index (χ4v) is 3.09. The van der Waals surface area contributed by atoms with Gasteiger partial charge in [-0.3, -0.25) is 0 Å². The van der Waals surface area contributed by atoms with Crippen LogP contribution in [0.3, 0.4) is 0 Å². The lowest BCUT2D eigenvalue weighted by Crippen LogP contribution is -2.48. The molecule has 0 amide bonds. The maximum atomic E-state index is 10.6. The molecule has 1 rings (SSSR count). The van der Waals surface area contributed by atoms with Crippen molar-refractivity contribution in [3.63, 3.8) is 0 Å². The van der Waals surface area contributed by atoms with Crippen molar-refractivity contribution in [2.45, 2.75) is 71.0 Å². The summed E-state index contributed by atoms with van der Waals surface area (Å²) >= 11 is 0. The second-order valence-corrected chi connectivity index (χ2v) is 5.43. The Morgan fingerprint density at radius 2 is 1.94 bits per heavy atom. The van der Waals surface area contributed by atoms with Gasteiger partial charge in [-0.2, -0.15) is 0 Å². The maximum absolute atomic E-state index is 10.6. The lowest BCUT2D eigenvalue weighted by atomic mass is 9.70. The van der Waals surface area contributed by atoms with Crippen LogP contribution in [0.15, 0.2) is 0 Å². The number of ether oxygens (including phenoxy) is 1. The van der Waals surface area contributed by atoms with Gasteiger partial charge in [-0.1, -0.05) is 39.5 Å². The molecule has 1 aliphatic rings. The van der Waals surface area contributed by atoms with E-state index in [-0.39, 0.29) is 11.7 Å². The first-order valence-corrected chi connectivity index (χ1v) is 6.82. The minimum absolute atomic E-state index is 0.312. The molecule has 16 heavy (non-hydrogen) atoms. The van der Waals surface area contributed by atoms with Crippen LogP contribution in [-0.4, -0.2) is 23.9 Å². The molecule has 1 saturated carbocycles. The van der Waals surface area contributed by atoms with Gasteiger partial charge in [0.25, 0.3) is 0 Å². The number of hydrogen-bond donors (Lipinski definition) is 1. The van der Waals surface area contributed by atoms with Crippen LogP contribution in [0.5, 0.6) is 0 Å². The summed E-state index contributed by atoms with van der Waals surface area (Å²) in [5.74, 6) is 1.12. The molecule has 96 valence electrons. The highest BCUT2D eigenvalue weighted by Crippen LogP contribution is 2.39. The molecule has 0 aliphatic heterocycles. The third kappa shape index (κ3) is 2.78. The summed E-state index contributed by atoms with van der Waals surface area (Å²) in [6, 6.07) is 0. The average Bonchev–Trinajstić information content (AvgIpc) is 2.36. The molecule has 1 N–H and O–H groups in total. The van der Waals surface area contributed by atoms with Gasteiger partial charge in [0, 0.05) is 7.11 Å². The van der Waals surface area contributed by atoms with Gasteiger partial charge in [-0.15, -0.1) is 0 Å². The van der Waals surface area contributed by atoms with E-state index in [0.29, 0.717) is 11.8 Å². The molecule has 0 aromatic rings. The molecule has 0 spiro atoms. The molecule has 0 bridgehead atoms. The van der Waals surface area contributed by atoms with Crippen molar-refractivity contribution >= 4 is 0 Å². The molecule has 4 atom stereocenters. The zero-order valence-electron chi connectivity index (χ0n) is 11.3. The summed E-state index contributed by atoms with van der Waals surface area (Å²) in [6.45, 7) is 6.38. The molecule has 0 aromatic carbocycles. The standard InChI is InChI=1S/C14H28O2/c1-5-11-9-7-8-10-12(11)13(15)14(3,6-2)16-4/h11-13,15H,5-10H2,1-4H3. The summed E-state index contributed by atoms with van der Waals surface area (Å²) in [6.07, 6.45) is 6.79. The Kier molecular flexibility index (Phi) is 5.26.